The minimum Gasteiger partial charge on any atom is -0.454 e. The zero-order valence-electron chi connectivity index (χ0n) is 22.2. The van der Waals surface area contributed by atoms with E-state index in [1.807, 2.05) is 40.7 Å². The lowest BCUT2D eigenvalue weighted by atomic mass is 10.0. The fourth-order valence-corrected chi connectivity index (χ4v) is 4.17. The first-order valence-corrected chi connectivity index (χ1v) is 13.3. The van der Waals surface area contributed by atoms with Crippen molar-refractivity contribution in [2.75, 3.05) is 10.5 Å². The third-order valence-corrected chi connectivity index (χ3v) is 6.02. The first kappa shape index (κ1) is 28.8. The normalized spacial score (nSPS) is 10.8. The van der Waals surface area contributed by atoms with Crippen molar-refractivity contribution in [2.24, 2.45) is 7.05 Å². The molecule has 0 saturated carbocycles. The predicted octanol–water partition coefficient (Wildman–Crippen LogP) is 6.85. The van der Waals surface area contributed by atoms with Gasteiger partial charge in [-0.25, -0.2) is 8.78 Å². The van der Waals surface area contributed by atoms with Gasteiger partial charge in [0, 0.05) is 53.3 Å². The lowest BCUT2D eigenvalue weighted by Gasteiger charge is -2.16. The van der Waals surface area contributed by atoms with Crippen LogP contribution in [-0.4, -0.2) is 27.3 Å². The molecule has 202 valence electrons. The molecule has 0 aliphatic heterocycles. The van der Waals surface area contributed by atoms with Crippen LogP contribution >= 0.6 is 11.9 Å². The van der Waals surface area contributed by atoms with Gasteiger partial charge in [0.25, 0.3) is 11.5 Å². The molecule has 2 aromatic carbocycles. The van der Waals surface area contributed by atoms with Crippen molar-refractivity contribution >= 4 is 34.4 Å². The summed E-state index contributed by atoms with van der Waals surface area (Å²) in [6, 6.07) is 9.88. The van der Waals surface area contributed by atoms with Gasteiger partial charge in [0.15, 0.2) is 11.6 Å². The largest absolute Gasteiger partial charge is 0.454 e. The molecule has 0 aliphatic carbocycles. The first-order valence-electron chi connectivity index (χ1n) is 12.4. The van der Waals surface area contributed by atoms with Crippen LogP contribution < -0.4 is 20.3 Å². The highest BCUT2D eigenvalue weighted by molar-refractivity contribution is 8.00. The lowest BCUT2D eigenvalue weighted by molar-refractivity contribution is 0.0939. The van der Waals surface area contributed by atoms with E-state index in [2.05, 4.69) is 15.0 Å². The van der Waals surface area contributed by atoms with Crippen molar-refractivity contribution in [1.82, 2.24) is 14.9 Å². The molecular formula is C28H32F2N4O3S. The number of anilines is 1. The topological polar surface area (TPSA) is 88.2 Å². The van der Waals surface area contributed by atoms with Crippen LogP contribution in [0.1, 0.15) is 45.1 Å². The zero-order chi connectivity index (χ0) is 28.0. The smallest absolute Gasteiger partial charge is 0.274 e. The number of pyridine rings is 1. The monoisotopic (exact) mass is 542 g/mol. The van der Waals surface area contributed by atoms with Gasteiger partial charge in [-0.3, -0.25) is 9.59 Å². The maximum Gasteiger partial charge on any atom is 0.274 e. The number of H-pyrrole nitrogens is 1. The Morgan fingerprint density at radius 1 is 1.08 bits per heavy atom. The molecular weight excluding hydrogens is 510 g/mol. The van der Waals surface area contributed by atoms with E-state index in [0.29, 0.717) is 22.3 Å². The number of ether oxygens (including phenoxy) is 1. The molecule has 2 aromatic heterocycles. The fourth-order valence-electron chi connectivity index (χ4n) is 3.74. The molecule has 0 aliphatic rings. The Bertz CT molecular complexity index is 1500. The Hall–Kier alpha value is -3.79. The van der Waals surface area contributed by atoms with Crippen LogP contribution in [-0.2, 0) is 7.05 Å². The number of aromatic nitrogens is 2. The summed E-state index contributed by atoms with van der Waals surface area (Å²) < 4.78 is 38.4. The summed E-state index contributed by atoms with van der Waals surface area (Å²) >= 11 is 1.50. The molecule has 1 amide bonds. The minimum absolute atomic E-state index is 0.0874. The molecule has 38 heavy (non-hydrogen) atoms. The molecule has 7 nitrogen and oxygen atoms in total. The quantitative estimate of drug-likeness (QED) is 0.212. The minimum atomic E-state index is -0.843. The first-order chi connectivity index (χ1) is 18.2. The summed E-state index contributed by atoms with van der Waals surface area (Å²) in [5, 5.41) is 3.32. The SMILES string of the molecule is CC.CCSNc1ccc(Oc2ccc(F)cc2F)c(-c2cn(C)c(=O)c3[nH]c(C(=O)NC(C)C)cc23)c1. The van der Waals surface area contributed by atoms with E-state index < -0.39 is 11.6 Å². The predicted molar refractivity (Wildman–Crippen MR) is 151 cm³/mol. The van der Waals surface area contributed by atoms with Crippen LogP contribution in [0.4, 0.5) is 14.5 Å². The number of aryl methyl sites for hydroxylation is 1. The average Bonchev–Trinajstić information content (AvgIpc) is 3.34. The third kappa shape index (κ3) is 6.36. The summed E-state index contributed by atoms with van der Waals surface area (Å²) in [4.78, 5) is 28.5. The number of hydrogen-bond donors (Lipinski definition) is 3. The Kier molecular flexibility index (Phi) is 9.57. The summed E-state index contributed by atoms with van der Waals surface area (Å²) in [7, 11) is 1.61. The number of benzene rings is 2. The van der Waals surface area contributed by atoms with E-state index in [1.165, 1.54) is 22.6 Å². The number of fused-ring (bicyclic) bond motifs is 1. The van der Waals surface area contributed by atoms with Gasteiger partial charge in [-0.1, -0.05) is 32.7 Å². The molecule has 0 unspecified atom stereocenters. The summed E-state index contributed by atoms with van der Waals surface area (Å²) in [5.41, 5.74) is 2.10. The lowest BCUT2D eigenvalue weighted by Crippen LogP contribution is -2.30. The Balaban J connectivity index is 0.00000195. The van der Waals surface area contributed by atoms with Gasteiger partial charge in [-0.2, -0.15) is 0 Å². The number of carbonyl (C=O) groups excluding carboxylic acids is 1. The van der Waals surface area contributed by atoms with Crippen LogP contribution in [0.25, 0.3) is 22.0 Å². The molecule has 0 bridgehead atoms. The second-order valence-electron chi connectivity index (χ2n) is 8.48. The number of halogens is 2. The van der Waals surface area contributed by atoms with E-state index >= 15 is 0 Å². The zero-order valence-corrected chi connectivity index (χ0v) is 23.1. The number of hydrogen-bond acceptors (Lipinski definition) is 5. The van der Waals surface area contributed by atoms with Crippen molar-refractivity contribution in [2.45, 2.75) is 40.7 Å². The fraction of sp³-hybridized carbons (Fsp3) is 0.286. The van der Waals surface area contributed by atoms with Gasteiger partial charge in [-0.15, -0.1) is 0 Å². The van der Waals surface area contributed by atoms with Crippen LogP contribution in [0, 0.1) is 11.6 Å². The number of nitrogens with one attached hydrogen (secondary N) is 3. The molecule has 0 fully saturated rings. The number of amides is 1. The average molecular weight is 543 g/mol. The second kappa shape index (κ2) is 12.6. The summed E-state index contributed by atoms with van der Waals surface area (Å²) in [6.07, 6.45) is 1.64. The standard InChI is InChI=1S/C26H26F2N4O3S.C2H6/c1-5-36-31-16-7-9-22(35-23-8-6-15(27)10-20(23)28)17(11-16)19-13-32(4)26(34)24-18(19)12-21(30-24)25(33)29-14(2)3;1-2/h6-14,30-31H,5H2,1-4H3,(H,29,33);1-2H3. The van der Waals surface area contributed by atoms with Crippen molar-refractivity contribution < 1.29 is 18.3 Å². The van der Waals surface area contributed by atoms with Gasteiger partial charge in [-0.05, 0) is 50.2 Å². The van der Waals surface area contributed by atoms with Crippen LogP contribution in [0.15, 0.2) is 53.5 Å². The van der Waals surface area contributed by atoms with Crippen LogP contribution in [0.3, 0.4) is 0 Å². The highest BCUT2D eigenvalue weighted by Crippen LogP contribution is 2.39. The van der Waals surface area contributed by atoms with E-state index in [4.69, 9.17) is 4.74 Å². The van der Waals surface area contributed by atoms with Crippen molar-refractivity contribution in [3.05, 3.63) is 76.3 Å². The second-order valence-corrected chi connectivity index (χ2v) is 9.55. The Morgan fingerprint density at radius 2 is 1.79 bits per heavy atom. The highest BCUT2D eigenvalue weighted by atomic mass is 32.2. The van der Waals surface area contributed by atoms with Crippen molar-refractivity contribution in [3.63, 3.8) is 0 Å². The van der Waals surface area contributed by atoms with Gasteiger partial charge in [0.05, 0.1) is 0 Å². The Morgan fingerprint density at radius 3 is 2.45 bits per heavy atom. The third-order valence-electron chi connectivity index (χ3n) is 5.35. The summed E-state index contributed by atoms with van der Waals surface area (Å²) in [5.74, 6) is -0.922. The number of rotatable bonds is 8. The summed E-state index contributed by atoms with van der Waals surface area (Å²) in [6.45, 7) is 9.69. The van der Waals surface area contributed by atoms with E-state index in [0.717, 1.165) is 23.6 Å². The Labute approximate surface area is 224 Å². The molecule has 0 spiro atoms. The maximum absolute atomic E-state index is 14.4. The molecule has 0 atom stereocenters. The van der Waals surface area contributed by atoms with Crippen LogP contribution in [0.5, 0.6) is 11.5 Å². The number of nitrogens with zero attached hydrogens (tertiary/aromatic N) is 1. The van der Waals surface area contributed by atoms with E-state index in [-0.39, 0.29) is 34.5 Å². The van der Waals surface area contributed by atoms with Gasteiger partial charge in [0.1, 0.15) is 22.8 Å². The van der Waals surface area contributed by atoms with Crippen molar-refractivity contribution in [1.29, 1.82) is 0 Å². The molecule has 0 saturated heterocycles. The molecule has 0 radical (unpaired) electrons. The molecule has 2 heterocycles. The van der Waals surface area contributed by atoms with E-state index in [9.17, 15) is 18.4 Å². The molecule has 4 aromatic rings. The molecule has 4 rings (SSSR count). The van der Waals surface area contributed by atoms with Crippen LogP contribution in [0.2, 0.25) is 0 Å². The van der Waals surface area contributed by atoms with Gasteiger partial charge < -0.3 is 24.3 Å². The van der Waals surface area contributed by atoms with Gasteiger partial charge >= 0.3 is 0 Å². The highest BCUT2D eigenvalue weighted by Gasteiger charge is 2.20. The molecule has 10 heteroatoms. The van der Waals surface area contributed by atoms with Crippen molar-refractivity contribution in [3.8, 4) is 22.6 Å². The van der Waals surface area contributed by atoms with E-state index in [1.54, 1.807) is 31.4 Å². The number of aromatic amines is 1. The molecule has 3 N–H and O–H groups in total. The maximum atomic E-state index is 14.4. The number of carbonyl (C=O) groups is 1. The van der Waals surface area contributed by atoms with Gasteiger partial charge in [0.2, 0.25) is 0 Å².